The number of fused-ring (bicyclic) bond motifs is 2. The van der Waals surface area contributed by atoms with Gasteiger partial charge in [-0.25, -0.2) is 9.78 Å². The molecule has 1 atom stereocenters. The summed E-state index contributed by atoms with van der Waals surface area (Å²) in [6, 6.07) is 19.4. The number of carboxylic acids is 1. The maximum atomic E-state index is 13.3. The number of amides is 4. The van der Waals surface area contributed by atoms with Crippen molar-refractivity contribution in [1.82, 2.24) is 25.1 Å². The number of para-hydroxylation sites is 1. The number of likely N-dealkylation sites (tertiary alicyclic amines) is 1. The number of rotatable bonds is 9. The predicted octanol–water partition coefficient (Wildman–Crippen LogP) is 4.02. The normalized spacial score (nSPS) is 20.1. The third-order valence-electron chi connectivity index (χ3n) is 12.0. The largest absolute Gasteiger partial charge is 0.490 e. The molecule has 3 N–H and O–H groups in total. The minimum atomic E-state index is -5.08. The molecule has 0 bridgehead atoms. The van der Waals surface area contributed by atoms with E-state index < -0.39 is 46.7 Å². The van der Waals surface area contributed by atoms with Crippen LogP contribution < -0.4 is 20.4 Å². The first-order valence-electron chi connectivity index (χ1n) is 19.7. The number of piperidine rings is 2. The highest BCUT2D eigenvalue weighted by Gasteiger charge is 2.49. The van der Waals surface area contributed by atoms with E-state index in [2.05, 4.69) is 25.3 Å². The predicted molar refractivity (Wildman–Crippen MR) is 213 cm³/mol. The van der Waals surface area contributed by atoms with Crippen LogP contribution in [0.4, 0.5) is 36.3 Å². The fourth-order valence-electron chi connectivity index (χ4n) is 8.58. The summed E-state index contributed by atoms with van der Waals surface area (Å²) < 4.78 is 31.7. The van der Waals surface area contributed by atoms with E-state index in [1.54, 1.807) is 24.3 Å². The number of benzene rings is 3. The Kier molecular flexibility index (Phi) is 10.8. The summed E-state index contributed by atoms with van der Waals surface area (Å²) in [5.74, 6) is -3.23. The van der Waals surface area contributed by atoms with Crippen molar-refractivity contribution in [3.8, 4) is 0 Å². The highest BCUT2D eigenvalue weighted by Crippen LogP contribution is 2.44. The Bertz CT molecular complexity index is 2430. The maximum Gasteiger partial charge on any atom is 0.490 e. The van der Waals surface area contributed by atoms with E-state index in [4.69, 9.17) is 19.9 Å². The number of anilines is 3. The Labute approximate surface area is 345 Å². The van der Waals surface area contributed by atoms with Crippen LogP contribution >= 0.6 is 0 Å². The third-order valence-corrected chi connectivity index (χ3v) is 12.0. The number of aromatic nitrogens is 2. The zero-order valence-corrected chi connectivity index (χ0v) is 32.6. The molecule has 61 heavy (non-hydrogen) atoms. The molecule has 1 unspecified atom stereocenters. The number of hydrogen-bond acceptors (Lipinski definition) is 13. The second kappa shape index (κ2) is 16.1. The van der Waals surface area contributed by atoms with Crippen LogP contribution in [0.3, 0.4) is 0 Å². The lowest BCUT2D eigenvalue weighted by molar-refractivity contribution is -0.384. The molecule has 0 aliphatic carbocycles. The van der Waals surface area contributed by atoms with Gasteiger partial charge in [0.1, 0.15) is 11.9 Å². The minimum absolute atomic E-state index is 0.0829. The molecular weight excluding hydrogens is 803 g/mol. The van der Waals surface area contributed by atoms with Crippen molar-refractivity contribution in [2.75, 3.05) is 60.9 Å². The SMILES string of the molecule is O=C(O)C(F)(F)F.O=C1CCC(N2C(=O)c3ccc(N4CC5(CCN(C6CN(c7nc(NCCc8ccc([N+](=O)[O-])cc8)c8ccccc8n7)C6)CC5)C4)cc3C2=O)C(=O)N1. The maximum absolute atomic E-state index is 13.3. The fourth-order valence-corrected chi connectivity index (χ4v) is 8.58. The van der Waals surface area contributed by atoms with Crippen LogP contribution in [0.5, 0.6) is 0 Å². The Morgan fingerprint density at radius 1 is 0.934 bits per heavy atom. The topological polar surface area (TPSA) is 212 Å². The number of carbonyl (C=O) groups is 5. The number of non-ortho nitro benzene ring substituents is 1. The Morgan fingerprint density at radius 3 is 2.26 bits per heavy atom. The van der Waals surface area contributed by atoms with Gasteiger partial charge in [0, 0.05) is 73.8 Å². The number of nitro benzene ring substituents is 1. The van der Waals surface area contributed by atoms with E-state index in [0.717, 1.165) is 85.0 Å². The fraction of sp³-hybridized carbons (Fsp3) is 0.390. The summed E-state index contributed by atoms with van der Waals surface area (Å²) in [6.07, 6.45) is -1.99. The van der Waals surface area contributed by atoms with Gasteiger partial charge in [-0.2, -0.15) is 18.2 Å². The standard InChI is InChI=1S/C39H39N9O6.C2HF3O2/c49-33-12-11-32(35(50)42-33)47-36(51)28-10-9-26(19-30(28)37(47)52)46-22-39(23-46)14-17-44(18-15-39)27-20-45(21-27)38-41-31-4-2-1-3-29(31)34(43-38)40-16-13-24-5-7-25(8-6-24)48(53)54;3-2(4,5)1(6)7/h1-10,19,27,32H,11-18,20-23H2,(H,40,41,43)(H,42,49,50);(H,6,7). The molecule has 6 heterocycles. The highest BCUT2D eigenvalue weighted by atomic mass is 19.4. The number of alkyl halides is 3. The summed E-state index contributed by atoms with van der Waals surface area (Å²) >= 11 is 0. The van der Waals surface area contributed by atoms with Crippen molar-refractivity contribution in [2.45, 2.75) is 50.4 Å². The van der Waals surface area contributed by atoms with Gasteiger partial charge >= 0.3 is 12.1 Å². The van der Waals surface area contributed by atoms with E-state index >= 15 is 0 Å². The zero-order valence-electron chi connectivity index (χ0n) is 32.6. The number of carboxylic acid groups (broad SMARTS) is 1. The number of nitrogens with one attached hydrogen (secondary N) is 2. The zero-order chi connectivity index (χ0) is 43.2. The summed E-state index contributed by atoms with van der Waals surface area (Å²) in [7, 11) is 0. The van der Waals surface area contributed by atoms with Crippen LogP contribution in [-0.2, 0) is 20.8 Å². The Hall–Kier alpha value is -6.70. The van der Waals surface area contributed by atoms with Crippen LogP contribution in [0.25, 0.3) is 10.9 Å². The van der Waals surface area contributed by atoms with Crippen LogP contribution in [-0.4, -0.2) is 123 Å². The van der Waals surface area contributed by atoms with E-state index in [-0.39, 0.29) is 23.9 Å². The lowest BCUT2D eigenvalue weighted by Crippen LogP contribution is -2.65. The second-order valence-corrected chi connectivity index (χ2v) is 15.9. The molecule has 0 radical (unpaired) electrons. The summed E-state index contributed by atoms with van der Waals surface area (Å²) in [5.41, 5.74) is 3.70. The number of nitro groups is 1. The lowest BCUT2D eigenvalue weighted by atomic mass is 9.71. The minimum Gasteiger partial charge on any atom is -0.475 e. The number of aliphatic carboxylic acids is 1. The first-order chi connectivity index (χ1) is 29.1. The van der Waals surface area contributed by atoms with Crippen LogP contribution in [0.2, 0.25) is 0 Å². The highest BCUT2D eigenvalue weighted by molar-refractivity contribution is 6.23. The Morgan fingerprint density at radius 2 is 1.61 bits per heavy atom. The monoisotopic (exact) mass is 843 g/mol. The van der Waals surface area contributed by atoms with Gasteiger partial charge in [0.2, 0.25) is 17.8 Å². The van der Waals surface area contributed by atoms with Gasteiger partial charge in [-0.05, 0) is 74.7 Å². The molecule has 4 amide bonds. The average molecular weight is 844 g/mol. The van der Waals surface area contributed by atoms with E-state index in [9.17, 15) is 42.5 Å². The van der Waals surface area contributed by atoms with Crippen LogP contribution in [0.15, 0.2) is 66.7 Å². The van der Waals surface area contributed by atoms with Gasteiger partial charge in [0.25, 0.3) is 17.5 Å². The van der Waals surface area contributed by atoms with Gasteiger partial charge in [0.05, 0.1) is 21.6 Å². The molecule has 3 aromatic carbocycles. The number of halogens is 3. The summed E-state index contributed by atoms with van der Waals surface area (Å²) in [6.45, 7) is 6.15. The number of imide groups is 2. The van der Waals surface area contributed by atoms with Crippen molar-refractivity contribution in [2.24, 2.45) is 5.41 Å². The van der Waals surface area contributed by atoms with Crippen molar-refractivity contribution in [3.63, 3.8) is 0 Å². The molecule has 0 saturated carbocycles. The van der Waals surface area contributed by atoms with Gasteiger partial charge in [0.15, 0.2) is 0 Å². The van der Waals surface area contributed by atoms with Crippen molar-refractivity contribution >= 4 is 63.6 Å². The first kappa shape index (κ1) is 41.1. The van der Waals surface area contributed by atoms with Gasteiger partial charge in [-0.1, -0.05) is 24.3 Å². The van der Waals surface area contributed by atoms with Gasteiger partial charge in [-0.15, -0.1) is 0 Å². The van der Waals surface area contributed by atoms with Crippen molar-refractivity contribution in [1.29, 1.82) is 0 Å². The quantitative estimate of drug-likeness (QED) is 0.124. The first-order valence-corrected chi connectivity index (χ1v) is 19.7. The average Bonchev–Trinajstić information content (AvgIpc) is 3.44. The molecule has 4 saturated heterocycles. The van der Waals surface area contributed by atoms with Crippen LogP contribution in [0, 0.1) is 15.5 Å². The van der Waals surface area contributed by atoms with Crippen molar-refractivity contribution in [3.05, 3.63) is 93.5 Å². The second-order valence-electron chi connectivity index (χ2n) is 15.9. The number of hydrogen-bond donors (Lipinski definition) is 3. The van der Waals surface area contributed by atoms with Crippen molar-refractivity contribution < 1.29 is 47.2 Å². The molecule has 17 nitrogen and oxygen atoms in total. The smallest absolute Gasteiger partial charge is 0.475 e. The molecule has 5 aliphatic heterocycles. The molecule has 1 spiro atoms. The molecule has 20 heteroatoms. The molecule has 4 aromatic rings. The van der Waals surface area contributed by atoms with E-state index in [1.807, 2.05) is 30.3 Å². The number of carbonyl (C=O) groups excluding carboxylic acids is 4. The lowest BCUT2D eigenvalue weighted by Gasteiger charge is -2.57. The Balaban J connectivity index is 0.000000678. The molecular formula is C41H40F3N9O8. The summed E-state index contributed by atoms with van der Waals surface area (Å²) in [4.78, 5) is 87.9. The third kappa shape index (κ3) is 8.26. The molecule has 1 aromatic heterocycles. The molecule has 318 valence electrons. The number of nitrogens with zero attached hydrogens (tertiary/aromatic N) is 7. The molecule has 4 fully saturated rings. The van der Waals surface area contributed by atoms with E-state index in [0.29, 0.717) is 36.1 Å². The van der Waals surface area contributed by atoms with Crippen LogP contribution in [0.1, 0.15) is 52.0 Å². The van der Waals surface area contributed by atoms with Gasteiger partial charge < -0.3 is 20.2 Å². The molecule has 9 rings (SSSR count). The van der Waals surface area contributed by atoms with E-state index in [1.165, 1.54) is 12.1 Å². The molecule has 5 aliphatic rings. The summed E-state index contributed by atoms with van der Waals surface area (Å²) in [5, 5.41) is 24.8. The van der Waals surface area contributed by atoms with Gasteiger partial charge in [-0.3, -0.25) is 44.4 Å².